The van der Waals surface area contributed by atoms with Gasteiger partial charge in [-0.05, 0) is 65.0 Å². The molecule has 0 amide bonds. The van der Waals surface area contributed by atoms with E-state index in [1.54, 1.807) is 18.2 Å². The summed E-state index contributed by atoms with van der Waals surface area (Å²) in [5, 5.41) is 0.496. The van der Waals surface area contributed by atoms with Crippen molar-refractivity contribution in [3.63, 3.8) is 0 Å². The Kier molecular flexibility index (Phi) is 4.48. The van der Waals surface area contributed by atoms with Gasteiger partial charge < -0.3 is 0 Å². The molecule has 0 radical (unpaired) electrons. The predicted octanol–water partition coefficient (Wildman–Crippen LogP) is 4.63. The van der Waals surface area contributed by atoms with Gasteiger partial charge >= 0.3 is 0 Å². The molecule has 2 aromatic rings. The Morgan fingerprint density at radius 3 is 2.64 bits per heavy atom. The predicted molar refractivity (Wildman–Crippen MR) is 93.1 cm³/mol. The second-order valence-corrected chi connectivity index (χ2v) is 8.36. The van der Waals surface area contributed by atoms with Crippen LogP contribution in [0, 0.1) is 0 Å². The Morgan fingerprint density at radius 1 is 1.09 bits per heavy atom. The van der Waals surface area contributed by atoms with Crippen molar-refractivity contribution in [3.8, 4) is 0 Å². The summed E-state index contributed by atoms with van der Waals surface area (Å²) in [7, 11) is -3.59. The van der Waals surface area contributed by atoms with Gasteiger partial charge in [0.1, 0.15) is 0 Å². The van der Waals surface area contributed by atoms with E-state index in [1.807, 2.05) is 24.3 Å². The fraction of sp³-hybridized carbons (Fsp3) is 0.250. The highest BCUT2D eigenvalue weighted by Gasteiger charge is 2.28. The molecular formula is C16H15BrClNO2S. The zero-order valence-corrected chi connectivity index (χ0v) is 15.0. The average molecular weight is 401 g/mol. The van der Waals surface area contributed by atoms with Crippen LogP contribution in [0.4, 0.5) is 5.69 Å². The Hall–Kier alpha value is -1.04. The first-order valence-electron chi connectivity index (χ1n) is 7.06. The number of halogens is 2. The molecule has 0 unspecified atom stereocenters. The molecule has 1 aliphatic rings. The molecule has 1 aliphatic heterocycles. The van der Waals surface area contributed by atoms with E-state index in [2.05, 4.69) is 15.9 Å². The Bertz CT molecular complexity index is 808. The fourth-order valence-electron chi connectivity index (χ4n) is 2.67. The summed E-state index contributed by atoms with van der Waals surface area (Å²) in [4.78, 5) is 0.250. The van der Waals surface area contributed by atoms with Crippen molar-refractivity contribution in [2.24, 2.45) is 0 Å². The first kappa shape index (κ1) is 15.8. The minimum atomic E-state index is -3.59. The molecule has 0 aliphatic carbocycles. The van der Waals surface area contributed by atoms with E-state index in [4.69, 9.17) is 11.6 Å². The number of sulfonamides is 1. The maximum Gasteiger partial charge on any atom is 0.264 e. The monoisotopic (exact) mass is 399 g/mol. The summed E-state index contributed by atoms with van der Waals surface area (Å²) in [6.07, 6.45) is 2.75. The summed E-state index contributed by atoms with van der Waals surface area (Å²) >= 11 is 9.26. The number of fused-ring (bicyclic) bond motifs is 1. The third kappa shape index (κ3) is 2.90. The molecule has 0 saturated heterocycles. The van der Waals surface area contributed by atoms with Crippen molar-refractivity contribution in [2.45, 2.75) is 24.2 Å². The second kappa shape index (κ2) is 6.22. The first-order valence-corrected chi connectivity index (χ1v) is 9.67. The summed E-state index contributed by atoms with van der Waals surface area (Å²) in [5.74, 6) is 0. The molecule has 6 heteroatoms. The summed E-state index contributed by atoms with van der Waals surface area (Å²) in [6, 6.07) is 12.4. The van der Waals surface area contributed by atoms with Crippen LogP contribution in [-0.2, 0) is 16.4 Å². The molecule has 116 valence electrons. The van der Waals surface area contributed by atoms with E-state index in [0.29, 0.717) is 16.0 Å². The third-order valence-electron chi connectivity index (χ3n) is 3.80. The molecule has 0 bridgehead atoms. The van der Waals surface area contributed by atoms with Crippen LogP contribution >= 0.6 is 27.5 Å². The van der Waals surface area contributed by atoms with Gasteiger partial charge in [-0.1, -0.05) is 29.8 Å². The smallest absolute Gasteiger partial charge is 0.264 e. The zero-order chi connectivity index (χ0) is 15.7. The lowest BCUT2D eigenvalue weighted by atomic mass is 10.1. The van der Waals surface area contributed by atoms with Gasteiger partial charge in [-0.2, -0.15) is 0 Å². The van der Waals surface area contributed by atoms with Gasteiger partial charge in [0.05, 0.1) is 15.6 Å². The lowest BCUT2D eigenvalue weighted by molar-refractivity contribution is 0.589. The van der Waals surface area contributed by atoms with E-state index in [0.717, 1.165) is 30.5 Å². The molecule has 0 saturated carbocycles. The van der Waals surface area contributed by atoms with Crippen molar-refractivity contribution in [1.82, 2.24) is 0 Å². The molecule has 3 rings (SSSR count). The van der Waals surface area contributed by atoms with E-state index < -0.39 is 10.0 Å². The van der Waals surface area contributed by atoms with Crippen LogP contribution in [0.3, 0.4) is 0 Å². The number of hydrogen-bond donors (Lipinski definition) is 0. The molecule has 0 aromatic heterocycles. The first-order chi connectivity index (χ1) is 10.5. The normalized spacial score (nSPS) is 15.3. The van der Waals surface area contributed by atoms with Gasteiger partial charge in [0, 0.05) is 11.0 Å². The topological polar surface area (TPSA) is 37.4 Å². The van der Waals surface area contributed by atoms with Crippen molar-refractivity contribution in [1.29, 1.82) is 0 Å². The average Bonchev–Trinajstić information content (AvgIpc) is 2.72. The highest BCUT2D eigenvalue weighted by molar-refractivity contribution is 9.10. The van der Waals surface area contributed by atoms with Crippen molar-refractivity contribution >= 4 is 43.2 Å². The molecule has 2 aromatic carbocycles. The summed E-state index contributed by atoms with van der Waals surface area (Å²) in [6.45, 7) is 0.500. The standard InChI is InChI=1S/C16H15BrClNO2S/c17-14-11-13(8-9-15(14)18)22(20,21)19-10-4-3-6-12-5-1-2-7-16(12)19/h1-2,5,7-9,11H,3-4,6,10H2. The Morgan fingerprint density at radius 2 is 1.86 bits per heavy atom. The lowest BCUT2D eigenvalue weighted by Gasteiger charge is -2.24. The minimum absolute atomic E-state index is 0.250. The number of hydrogen-bond acceptors (Lipinski definition) is 2. The fourth-order valence-corrected chi connectivity index (χ4v) is 4.89. The van der Waals surface area contributed by atoms with Gasteiger partial charge in [-0.15, -0.1) is 0 Å². The second-order valence-electron chi connectivity index (χ2n) is 5.24. The highest BCUT2D eigenvalue weighted by Crippen LogP contribution is 2.33. The molecule has 0 fully saturated rings. The minimum Gasteiger partial charge on any atom is -0.266 e. The number of para-hydroxylation sites is 1. The van der Waals surface area contributed by atoms with Gasteiger partial charge in [0.25, 0.3) is 10.0 Å². The zero-order valence-electron chi connectivity index (χ0n) is 11.8. The highest BCUT2D eigenvalue weighted by atomic mass is 79.9. The lowest BCUT2D eigenvalue weighted by Crippen LogP contribution is -2.31. The van der Waals surface area contributed by atoms with Crippen LogP contribution < -0.4 is 4.31 Å². The van der Waals surface area contributed by atoms with Crippen molar-refractivity contribution < 1.29 is 8.42 Å². The number of rotatable bonds is 2. The van der Waals surface area contributed by atoms with Gasteiger partial charge in [-0.3, -0.25) is 4.31 Å². The molecule has 3 nitrogen and oxygen atoms in total. The Balaban J connectivity index is 2.10. The van der Waals surface area contributed by atoms with Crippen LogP contribution in [0.25, 0.3) is 0 Å². The van der Waals surface area contributed by atoms with Crippen LogP contribution in [0.1, 0.15) is 18.4 Å². The number of aryl methyl sites for hydroxylation is 1. The van der Waals surface area contributed by atoms with E-state index in [-0.39, 0.29) is 4.90 Å². The third-order valence-corrected chi connectivity index (χ3v) is 6.82. The van der Waals surface area contributed by atoms with Crippen LogP contribution in [0.2, 0.25) is 5.02 Å². The molecule has 1 heterocycles. The van der Waals surface area contributed by atoms with E-state index >= 15 is 0 Å². The number of nitrogens with zero attached hydrogens (tertiary/aromatic N) is 1. The SMILES string of the molecule is O=S(=O)(c1ccc(Cl)c(Br)c1)N1CCCCc2ccccc21. The van der Waals surface area contributed by atoms with E-state index in [9.17, 15) is 8.42 Å². The molecule has 0 spiro atoms. The van der Waals surface area contributed by atoms with Gasteiger partial charge in [0.15, 0.2) is 0 Å². The van der Waals surface area contributed by atoms with E-state index in [1.165, 1.54) is 4.31 Å². The number of anilines is 1. The molecule has 0 N–H and O–H groups in total. The molecular weight excluding hydrogens is 386 g/mol. The quantitative estimate of drug-likeness (QED) is 0.737. The van der Waals surface area contributed by atoms with Crippen LogP contribution in [-0.4, -0.2) is 15.0 Å². The molecule has 0 atom stereocenters. The van der Waals surface area contributed by atoms with Gasteiger partial charge in [0.2, 0.25) is 0 Å². The summed E-state index contributed by atoms with van der Waals surface area (Å²) < 4.78 is 28.2. The van der Waals surface area contributed by atoms with Crippen molar-refractivity contribution in [2.75, 3.05) is 10.8 Å². The largest absolute Gasteiger partial charge is 0.266 e. The maximum absolute atomic E-state index is 13.0. The maximum atomic E-state index is 13.0. The van der Waals surface area contributed by atoms with Gasteiger partial charge in [-0.25, -0.2) is 8.42 Å². The van der Waals surface area contributed by atoms with Crippen LogP contribution in [0.5, 0.6) is 0 Å². The van der Waals surface area contributed by atoms with Crippen molar-refractivity contribution in [3.05, 3.63) is 57.5 Å². The van der Waals surface area contributed by atoms with Crippen LogP contribution in [0.15, 0.2) is 51.8 Å². The Labute approximate surface area is 144 Å². The molecule has 22 heavy (non-hydrogen) atoms. The summed E-state index contributed by atoms with van der Waals surface area (Å²) in [5.41, 5.74) is 1.86. The number of benzene rings is 2.